The van der Waals surface area contributed by atoms with Crippen molar-refractivity contribution in [3.63, 3.8) is 0 Å². The Labute approximate surface area is 229 Å². The standard InChI is InChI=1S/C32H38N4O3/c1-36-30-6-9-33-20-29(30)28-4-2-23(14-31(28)36)24-3-5-32(35-17-24)39-26-15-25(16-26)37-10-7-21-12-22(13-21)8-11-38-27-18-34-19-27/h2-6,9,14,17,20-22,25-27,34H,7-8,10-13,15-16,18-19H2,1H3. The fraction of sp³-hybridized carbons (Fsp3) is 0.500. The van der Waals surface area contributed by atoms with Gasteiger partial charge in [0.15, 0.2) is 0 Å². The Morgan fingerprint density at radius 3 is 2.28 bits per heavy atom. The Balaban J connectivity index is 0.831. The topological polar surface area (TPSA) is 70.4 Å². The number of nitrogens with zero attached hydrogens (tertiary/aromatic N) is 3. The number of nitrogens with one attached hydrogen (secondary N) is 1. The number of fused-ring (bicyclic) bond motifs is 3. The van der Waals surface area contributed by atoms with E-state index >= 15 is 0 Å². The Morgan fingerprint density at radius 2 is 1.56 bits per heavy atom. The van der Waals surface area contributed by atoms with Gasteiger partial charge in [-0.25, -0.2) is 4.98 Å². The predicted molar refractivity (Wildman–Crippen MR) is 153 cm³/mol. The lowest BCUT2D eigenvalue weighted by atomic mass is 9.72. The molecule has 7 nitrogen and oxygen atoms in total. The number of hydrogen-bond donors (Lipinski definition) is 1. The molecule has 0 amide bonds. The summed E-state index contributed by atoms with van der Waals surface area (Å²) in [5, 5.41) is 5.66. The number of pyridine rings is 2. The smallest absolute Gasteiger partial charge is 0.213 e. The van der Waals surface area contributed by atoms with Crippen LogP contribution in [0.15, 0.2) is 55.0 Å². The van der Waals surface area contributed by atoms with E-state index in [2.05, 4.69) is 57.2 Å². The zero-order valence-corrected chi connectivity index (χ0v) is 22.7. The molecule has 204 valence electrons. The third-order valence-electron chi connectivity index (χ3n) is 9.05. The van der Waals surface area contributed by atoms with Crippen LogP contribution in [-0.2, 0) is 16.5 Å². The summed E-state index contributed by atoms with van der Waals surface area (Å²) in [6, 6.07) is 12.7. The summed E-state index contributed by atoms with van der Waals surface area (Å²) in [7, 11) is 2.11. The molecule has 3 fully saturated rings. The first-order valence-electron chi connectivity index (χ1n) is 14.6. The SMILES string of the molecule is Cn1c2ccncc2c2ccc(-c3ccc(OC4CC(OCCC5CC(CCOC6CNC6)C5)C4)nc3)cc21. The molecular formula is C32H38N4O3. The highest BCUT2D eigenvalue weighted by Crippen LogP contribution is 2.39. The second-order valence-corrected chi connectivity index (χ2v) is 11.7. The molecule has 0 bridgehead atoms. The summed E-state index contributed by atoms with van der Waals surface area (Å²) in [6.07, 6.45) is 13.7. The van der Waals surface area contributed by atoms with Gasteiger partial charge < -0.3 is 24.1 Å². The Morgan fingerprint density at radius 1 is 0.795 bits per heavy atom. The molecule has 3 aliphatic rings. The van der Waals surface area contributed by atoms with E-state index in [1.165, 1.54) is 47.5 Å². The maximum atomic E-state index is 6.13. The number of ether oxygens (including phenoxy) is 3. The van der Waals surface area contributed by atoms with Crippen LogP contribution >= 0.6 is 0 Å². The van der Waals surface area contributed by atoms with Gasteiger partial charge in [0.25, 0.3) is 0 Å². The highest BCUT2D eigenvalue weighted by molar-refractivity contribution is 6.08. The van der Waals surface area contributed by atoms with Crippen molar-refractivity contribution in [3.8, 4) is 17.0 Å². The number of hydrogen-bond acceptors (Lipinski definition) is 6. The van der Waals surface area contributed by atoms with Gasteiger partial charge in [-0.3, -0.25) is 4.98 Å². The first-order chi connectivity index (χ1) is 19.2. The van der Waals surface area contributed by atoms with Gasteiger partial charge in [-0.05, 0) is 61.3 Å². The van der Waals surface area contributed by atoms with Crippen molar-refractivity contribution in [1.82, 2.24) is 19.9 Å². The number of benzene rings is 1. The van der Waals surface area contributed by atoms with Crippen LogP contribution < -0.4 is 10.1 Å². The molecule has 3 aromatic heterocycles. The molecule has 7 heteroatoms. The van der Waals surface area contributed by atoms with E-state index in [1.807, 2.05) is 24.7 Å². The van der Waals surface area contributed by atoms with Crippen molar-refractivity contribution in [2.24, 2.45) is 18.9 Å². The summed E-state index contributed by atoms with van der Waals surface area (Å²) in [6.45, 7) is 3.87. The second kappa shape index (κ2) is 10.9. The molecule has 0 unspecified atom stereocenters. The molecule has 0 spiro atoms. The molecule has 4 aromatic rings. The zero-order chi connectivity index (χ0) is 26.2. The van der Waals surface area contributed by atoms with E-state index in [1.54, 1.807) is 0 Å². The molecule has 1 saturated heterocycles. The van der Waals surface area contributed by atoms with Crippen LogP contribution in [0.3, 0.4) is 0 Å². The molecule has 7 rings (SSSR count). The van der Waals surface area contributed by atoms with E-state index in [9.17, 15) is 0 Å². The second-order valence-electron chi connectivity index (χ2n) is 11.7. The van der Waals surface area contributed by atoms with Crippen molar-refractivity contribution < 1.29 is 14.2 Å². The van der Waals surface area contributed by atoms with Crippen LogP contribution in [0.25, 0.3) is 32.9 Å². The Kier molecular flexibility index (Phi) is 6.97. The molecule has 2 aliphatic carbocycles. The molecule has 1 aliphatic heterocycles. The first-order valence-corrected chi connectivity index (χ1v) is 14.6. The van der Waals surface area contributed by atoms with Gasteiger partial charge >= 0.3 is 0 Å². The highest BCUT2D eigenvalue weighted by Gasteiger charge is 2.33. The zero-order valence-electron chi connectivity index (χ0n) is 22.7. The number of aryl methyl sites for hydroxylation is 1. The Hall–Kier alpha value is -3.00. The van der Waals surface area contributed by atoms with Gasteiger partial charge in [0.2, 0.25) is 5.88 Å². The lowest BCUT2D eigenvalue weighted by Crippen LogP contribution is -2.48. The molecular weight excluding hydrogens is 488 g/mol. The van der Waals surface area contributed by atoms with E-state index in [-0.39, 0.29) is 6.10 Å². The van der Waals surface area contributed by atoms with Gasteiger partial charge in [0, 0.05) is 92.7 Å². The lowest BCUT2D eigenvalue weighted by molar-refractivity contribution is -0.0690. The van der Waals surface area contributed by atoms with Gasteiger partial charge in [-0.15, -0.1) is 0 Å². The lowest BCUT2D eigenvalue weighted by Gasteiger charge is -2.38. The van der Waals surface area contributed by atoms with Crippen LogP contribution in [0.2, 0.25) is 0 Å². The number of aromatic nitrogens is 3. The van der Waals surface area contributed by atoms with Crippen molar-refractivity contribution >= 4 is 21.8 Å². The number of rotatable bonds is 11. The average molecular weight is 527 g/mol. The summed E-state index contributed by atoms with van der Waals surface area (Å²) in [5.74, 6) is 2.40. The van der Waals surface area contributed by atoms with Crippen LogP contribution in [-0.4, -0.2) is 59.2 Å². The van der Waals surface area contributed by atoms with Crippen LogP contribution in [0.1, 0.15) is 38.5 Å². The monoisotopic (exact) mass is 526 g/mol. The van der Waals surface area contributed by atoms with Crippen molar-refractivity contribution in [2.45, 2.75) is 56.8 Å². The third-order valence-corrected chi connectivity index (χ3v) is 9.05. The summed E-state index contributed by atoms with van der Waals surface area (Å²) < 4.78 is 20.3. The summed E-state index contributed by atoms with van der Waals surface area (Å²) in [5.41, 5.74) is 4.62. The Bertz CT molecular complexity index is 1420. The van der Waals surface area contributed by atoms with Crippen molar-refractivity contribution in [1.29, 1.82) is 0 Å². The van der Waals surface area contributed by atoms with E-state index in [0.29, 0.717) is 18.1 Å². The summed E-state index contributed by atoms with van der Waals surface area (Å²) in [4.78, 5) is 8.91. The maximum Gasteiger partial charge on any atom is 0.213 e. The normalized spacial score (nSPS) is 24.8. The van der Waals surface area contributed by atoms with Crippen molar-refractivity contribution in [3.05, 3.63) is 55.0 Å². The van der Waals surface area contributed by atoms with Crippen LogP contribution in [0.4, 0.5) is 0 Å². The molecule has 4 heterocycles. The molecule has 1 aromatic carbocycles. The van der Waals surface area contributed by atoms with Crippen LogP contribution in [0.5, 0.6) is 5.88 Å². The molecule has 1 N–H and O–H groups in total. The highest BCUT2D eigenvalue weighted by atomic mass is 16.5. The third kappa shape index (κ3) is 5.28. The summed E-state index contributed by atoms with van der Waals surface area (Å²) >= 11 is 0. The minimum absolute atomic E-state index is 0.202. The van der Waals surface area contributed by atoms with Crippen molar-refractivity contribution in [2.75, 3.05) is 26.3 Å². The maximum absolute atomic E-state index is 6.13. The van der Waals surface area contributed by atoms with Gasteiger partial charge in [-0.1, -0.05) is 12.1 Å². The molecule has 2 saturated carbocycles. The predicted octanol–water partition coefficient (Wildman–Crippen LogP) is 5.51. The minimum Gasteiger partial charge on any atom is -0.474 e. The fourth-order valence-electron chi connectivity index (χ4n) is 6.30. The molecule has 0 radical (unpaired) electrons. The van der Waals surface area contributed by atoms with E-state index in [0.717, 1.165) is 62.1 Å². The molecule has 0 atom stereocenters. The van der Waals surface area contributed by atoms with Gasteiger partial charge in [-0.2, -0.15) is 0 Å². The van der Waals surface area contributed by atoms with Gasteiger partial charge in [0.1, 0.15) is 6.10 Å². The quantitative estimate of drug-likeness (QED) is 0.278. The van der Waals surface area contributed by atoms with Gasteiger partial charge in [0.05, 0.1) is 17.7 Å². The van der Waals surface area contributed by atoms with Crippen LogP contribution in [0, 0.1) is 11.8 Å². The van der Waals surface area contributed by atoms with E-state index < -0.39 is 0 Å². The minimum atomic E-state index is 0.202. The average Bonchev–Trinajstić information content (AvgIpc) is 3.18. The molecule has 39 heavy (non-hydrogen) atoms. The largest absolute Gasteiger partial charge is 0.474 e. The van der Waals surface area contributed by atoms with E-state index in [4.69, 9.17) is 14.2 Å². The first kappa shape index (κ1) is 25.0. The fourth-order valence-corrected chi connectivity index (χ4v) is 6.30.